The highest BCUT2D eigenvalue weighted by Crippen LogP contribution is 2.47. The summed E-state index contributed by atoms with van der Waals surface area (Å²) < 4.78 is 0. The molecule has 0 aromatic heterocycles. The zero-order valence-electron chi connectivity index (χ0n) is 16.8. The molecule has 158 valence electrons. The summed E-state index contributed by atoms with van der Waals surface area (Å²) >= 11 is 0. The molecule has 2 saturated carbocycles. The van der Waals surface area contributed by atoms with Crippen LogP contribution >= 0.6 is 24.8 Å². The van der Waals surface area contributed by atoms with Gasteiger partial charge in [-0.15, -0.1) is 24.8 Å². The molecule has 2 bridgehead atoms. The number of rotatable bonds is 5. The van der Waals surface area contributed by atoms with E-state index in [0.717, 1.165) is 18.9 Å². The van der Waals surface area contributed by atoms with Crippen LogP contribution < -0.4 is 11.1 Å². The smallest absolute Gasteiger partial charge is 0.225 e. The summed E-state index contributed by atoms with van der Waals surface area (Å²) in [6.45, 7) is 6.42. The molecule has 5 atom stereocenters. The van der Waals surface area contributed by atoms with Crippen molar-refractivity contribution in [3.63, 3.8) is 0 Å². The molecule has 3 N–H and O–H groups in total. The van der Waals surface area contributed by atoms with E-state index in [4.69, 9.17) is 5.73 Å². The molecular weight excluding hydrogens is 393 g/mol. The van der Waals surface area contributed by atoms with Gasteiger partial charge in [0.25, 0.3) is 0 Å². The van der Waals surface area contributed by atoms with Crippen LogP contribution in [0.25, 0.3) is 0 Å². The van der Waals surface area contributed by atoms with E-state index in [9.17, 15) is 4.79 Å². The van der Waals surface area contributed by atoms with Gasteiger partial charge in [-0.3, -0.25) is 9.69 Å². The molecule has 4 nitrogen and oxygen atoms in total. The van der Waals surface area contributed by atoms with Crippen LogP contribution in [0.15, 0.2) is 24.3 Å². The fourth-order valence-corrected chi connectivity index (χ4v) is 5.48. The highest BCUT2D eigenvalue weighted by Gasteiger charge is 2.48. The molecule has 0 radical (unpaired) electrons. The van der Waals surface area contributed by atoms with E-state index in [1.807, 2.05) is 0 Å². The largest absolute Gasteiger partial charge is 0.352 e. The van der Waals surface area contributed by atoms with Crippen molar-refractivity contribution >= 4 is 30.7 Å². The summed E-state index contributed by atoms with van der Waals surface area (Å²) in [6.07, 6.45) is 6.23. The SMILES string of the molecule is CC1CCCN(Cc2ccc(CNC(=O)C3C4CCC(C4)C3N)cc2)C1.Cl.Cl. The molecule has 1 aromatic rings. The Balaban J connectivity index is 0.00000140. The number of hydrogen-bond acceptors (Lipinski definition) is 3. The molecule has 1 aromatic carbocycles. The van der Waals surface area contributed by atoms with Crippen molar-refractivity contribution in [1.82, 2.24) is 10.2 Å². The molecule has 1 saturated heterocycles. The number of nitrogens with one attached hydrogen (secondary N) is 1. The standard InChI is InChI=1S/C22H33N3O.2ClH/c1-15-3-2-10-25(13-15)14-17-6-4-16(5-7-17)12-24-22(26)20-18-8-9-19(11-18)21(20)23;;/h4-7,15,18-21H,2-3,8-14,23H2,1H3,(H,24,26);2*1H. The predicted octanol–water partition coefficient (Wildman–Crippen LogP) is 3.75. The van der Waals surface area contributed by atoms with Gasteiger partial charge in [-0.1, -0.05) is 31.2 Å². The van der Waals surface area contributed by atoms with Gasteiger partial charge >= 0.3 is 0 Å². The molecule has 2 aliphatic carbocycles. The average Bonchev–Trinajstić information content (AvgIpc) is 3.22. The summed E-state index contributed by atoms with van der Waals surface area (Å²) in [5, 5.41) is 3.13. The predicted molar refractivity (Wildman–Crippen MR) is 119 cm³/mol. The third-order valence-electron chi connectivity index (χ3n) is 6.92. The summed E-state index contributed by atoms with van der Waals surface area (Å²) in [4.78, 5) is 15.1. The van der Waals surface area contributed by atoms with Gasteiger partial charge in [-0.25, -0.2) is 0 Å². The second kappa shape index (κ2) is 10.3. The number of nitrogens with two attached hydrogens (primary N) is 1. The van der Waals surface area contributed by atoms with Crippen molar-refractivity contribution < 1.29 is 4.79 Å². The second-order valence-electron chi connectivity index (χ2n) is 8.95. The van der Waals surface area contributed by atoms with Crippen LogP contribution in [0.5, 0.6) is 0 Å². The number of nitrogens with zero attached hydrogens (tertiary/aromatic N) is 1. The minimum Gasteiger partial charge on any atom is -0.352 e. The number of amides is 1. The molecule has 1 aliphatic heterocycles. The molecule has 6 heteroatoms. The van der Waals surface area contributed by atoms with Crippen LogP contribution in [-0.2, 0) is 17.9 Å². The minimum absolute atomic E-state index is 0. The first-order valence-corrected chi connectivity index (χ1v) is 10.4. The Morgan fingerprint density at radius 1 is 1.11 bits per heavy atom. The van der Waals surface area contributed by atoms with Crippen molar-refractivity contribution in [3.05, 3.63) is 35.4 Å². The lowest BCUT2D eigenvalue weighted by Crippen LogP contribution is -2.45. The average molecular weight is 428 g/mol. The van der Waals surface area contributed by atoms with Gasteiger partial charge in [0.2, 0.25) is 5.91 Å². The van der Waals surface area contributed by atoms with Gasteiger partial charge in [-0.2, -0.15) is 0 Å². The van der Waals surface area contributed by atoms with Crippen LogP contribution in [-0.4, -0.2) is 29.9 Å². The lowest BCUT2D eigenvalue weighted by molar-refractivity contribution is -0.127. The maximum Gasteiger partial charge on any atom is 0.225 e. The topological polar surface area (TPSA) is 58.4 Å². The van der Waals surface area contributed by atoms with Crippen molar-refractivity contribution in [2.24, 2.45) is 29.4 Å². The zero-order valence-corrected chi connectivity index (χ0v) is 18.4. The van der Waals surface area contributed by atoms with E-state index < -0.39 is 0 Å². The molecule has 1 heterocycles. The summed E-state index contributed by atoms with van der Waals surface area (Å²) in [5.74, 6) is 2.11. The molecule has 3 fully saturated rings. The van der Waals surface area contributed by atoms with Gasteiger partial charge in [-0.05, 0) is 67.5 Å². The molecular formula is C22H35Cl2N3O. The Hall–Kier alpha value is -0.810. The maximum absolute atomic E-state index is 12.6. The second-order valence-corrected chi connectivity index (χ2v) is 8.95. The number of halogens is 2. The molecule has 1 amide bonds. The number of carbonyl (C=O) groups excluding carboxylic acids is 1. The van der Waals surface area contributed by atoms with E-state index in [1.165, 1.54) is 49.9 Å². The fourth-order valence-electron chi connectivity index (χ4n) is 5.48. The molecule has 28 heavy (non-hydrogen) atoms. The van der Waals surface area contributed by atoms with Crippen LogP contribution in [0.1, 0.15) is 50.2 Å². The van der Waals surface area contributed by atoms with Gasteiger partial charge in [0.05, 0.1) is 5.92 Å². The third kappa shape index (κ3) is 5.21. The normalized spacial score (nSPS) is 31.7. The van der Waals surface area contributed by atoms with Crippen molar-refractivity contribution in [2.45, 2.75) is 58.2 Å². The van der Waals surface area contributed by atoms with Crippen LogP contribution in [0.4, 0.5) is 0 Å². The van der Waals surface area contributed by atoms with Crippen molar-refractivity contribution in [3.8, 4) is 0 Å². The number of fused-ring (bicyclic) bond motifs is 2. The maximum atomic E-state index is 12.6. The zero-order chi connectivity index (χ0) is 18.1. The van der Waals surface area contributed by atoms with E-state index >= 15 is 0 Å². The highest BCUT2D eigenvalue weighted by molar-refractivity contribution is 5.85. The van der Waals surface area contributed by atoms with Gasteiger partial charge in [0, 0.05) is 25.7 Å². The van der Waals surface area contributed by atoms with Gasteiger partial charge in [0.1, 0.15) is 0 Å². The highest BCUT2D eigenvalue weighted by atomic mass is 35.5. The summed E-state index contributed by atoms with van der Waals surface area (Å²) in [6, 6.07) is 8.81. The molecule has 4 rings (SSSR count). The molecule has 3 aliphatic rings. The van der Waals surface area contributed by atoms with Crippen molar-refractivity contribution in [2.75, 3.05) is 13.1 Å². The Bertz CT molecular complexity index is 637. The Morgan fingerprint density at radius 3 is 2.43 bits per heavy atom. The van der Waals surface area contributed by atoms with E-state index in [2.05, 4.69) is 41.4 Å². The lowest BCUT2D eigenvalue weighted by atomic mass is 9.84. The van der Waals surface area contributed by atoms with Crippen molar-refractivity contribution in [1.29, 1.82) is 0 Å². The first kappa shape index (κ1) is 23.5. The summed E-state index contributed by atoms with van der Waals surface area (Å²) in [5.41, 5.74) is 8.82. The Morgan fingerprint density at radius 2 is 1.79 bits per heavy atom. The first-order valence-electron chi connectivity index (χ1n) is 10.4. The number of hydrogen-bond donors (Lipinski definition) is 2. The molecule has 0 spiro atoms. The van der Waals surface area contributed by atoms with Crippen LogP contribution in [0.3, 0.4) is 0 Å². The fraction of sp³-hybridized carbons (Fsp3) is 0.682. The summed E-state index contributed by atoms with van der Waals surface area (Å²) in [7, 11) is 0. The molecule has 5 unspecified atom stereocenters. The minimum atomic E-state index is 0. The Kier molecular flexibility index (Phi) is 8.62. The first-order chi connectivity index (χ1) is 12.6. The van der Waals surface area contributed by atoms with Crippen LogP contribution in [0.2, 0.25) is 0 Å². The Labute approximate surface area is 181 Å². The lowest BCUT2D eigenvalue weighted by Gasteiger charge is -2.30. The number of benzene rings is 1. The van der Waals surface area contributed by atoms with Gasteiger partial charge < -0.3 is 11.1 Å². The van der Waals surface area contributed by atoms with E-state index in [-0.39, 0.29) is 42.7 Å². The van der Waals surface area contributed by atoms with Crippen LogP contribution in [0, 0.1) is 23.7 Å². The number of likely N-dealkylation sites (tertiary alicyclic amines) is 1. The van der Waals surface area contributed by atoms with Gasteiger partial charge in [0.15, 0.2) is 0 Å². The number of carbonyl (C=O) groups is 1. The van der Waals surface area contributed by atoms with E-state index in [0.29, 0.717) is 18.4 Å². The van der Waals surface area contributed by atoms with E-state index in [1.54, 1.807) is 0 Å². The quantitative estimate of drug-likeness (QED) is 0.751. The number of piperidine rings is 1. The monoisotopic (exact) mass is 427 g/mol. The third-order valence-corrected chi connectivity index (χ3v) is 6.92.